The van der Waals surface area contributed by atoms with Crippen molar-refractivity contribution in [2.24, 2.45) is 11.8 Å². The Bertz CT molecular complexity index is 653. The maximum Gasteiger partial charge on any atom is 0.307 e. The van der Waals surface area contributed by atoms with Gasteiger partial charge in [0.05, 0.1) is 22.4 Å². The van der Waals surface area contributed by atoms with Gasteiger partial charge in [0.25, 0.3) is 5.69 Å². The van der Waals surface area contributed by atoms with Crippen molar-refractivity contribution in [3.63, 3.8) is 0 Å². The van der Waals surface area contributed by atoms with Crippen molar-refractivity contribution in [2.75, 3.05) is 5.32 Å². The van der Waals surface area contributed by atoms with Gasteiger partial charge in [-0.3, -0.25) is 19.7 Å². The fourth-order valence-corrected chi connectivity index (χ4v) is 2.46. The van der Waals surface area contributed by atoms with Crippen LogP contribution < -0.4 is 5.32 Å². The van der Waals surface area contributed by atoms with E-state index in [2.05, 4.69) is 5.32 Å². The van der Waals surface area contributed by atoms with Crippen molar-refractivity contribution < 1.29 is 19.6 Å². The number of rotatable bonds is 4. The summed E-state index contributed by atoms with van der Waals surface area (Å²) in [5.41, 5.74) is 0.884. The highest BCUT2D eigenvalue weighted by atomic mass is 16.6. The van der Waals surface area contributed by atoms with Crippen LogP contribution in [-0.4, -0.2) is 21.9 Å². The summed E-state index contributed by atoms with van der Waals surface area (Å²) in [4.78, 5) is 33.8. The molecule has 22 heavy (non-hydrogen) atoms. The normalized spacial score (nSPS) is 20.4. The molecule has 2 atom stereocenters. The van der Waals surface area contributed by atoms with Gasteiger partial charge in [-0.2, -0.15) is 0 Å². The monoisotopic (exact) mass is 304 g/mol. The van der Waals surface area contributed by atoms with Gasteiger partial charge in [0, 0.05) is 12.1 Å². The van der Waals surface area contributed by atoms with Crippen molar-refractivity contribution in [2.45, 2.75) is 19.8 Å². The molecule has 7 heteroatoms. The van der Waals surface area contributed by atoms with Crippen LogP contribution >= 0.6 is 0 Å². The molecule has 116 valence electrons. The zero-order valence-electron chi connectivity index (χ0n) is 12.0. The van der Waals surface area contributed by atoms with E-state index in [1.54, 1.807) is 25.1 Å². The standard InChI is InChI=1S/C15H16N2O5/c1-9-6-7-10(17(21)22)8-13(9)16-14(18)11-4-2-3-5-12(11)15(19)20/h2-3,6-8,11-12H,4-5H2,1H3,(H,16,18)(H,19,20)/t11-,12+/m0/s1. The number of carbonyl (C=O) groups excluding carboxylic acids is 1. The molecular weight excluding hydrogens is 288 g/mol. The zero-order chi connectivity index (χ0) is 16.3. The van der Waals surface area contributed by atoms with E-state index in [9.17, 15) is 24.8 Å². The predicted octanol–water partition coefficient (Wildman–Crippen LogP) is 2.51. The number of nitrogens with one attached hydrogen (secondary N) is 1. The van der Waals surface area contributed by atoms with E-state index in [-0.39, 0.29) is 5.69 Å². The maximum absolute atomic E-state index is 12.3. The van der Waals surface area contributed by atoms with Crippen LogP contribution in [0.5, 0.6) is 0 Å². The summed E-state index contributed by atoms with van der Waals surface area (Å²) in [7, 11) is 0. The molecular formula is C15H16N2O5. The van der Waals surface area contributed by atoms with Gasteiger partial charge in [0.1, 0.15) is 0 Å². The predicted molar refractivity (Wildman–Crippen MR) is 79.5 cm³/mol. The van der Waals surface area contributed by atoms with Gasteiger partial charge in [-0.25, -0.2) is 0 Å². The van der Waals surface area contributed by atoms with Crippen molar-refractivity contribution in [3.05, 3.63) is 46.0 Å². The number of hydrogen-bond donors (Lipinski definition) is 2. The van der Waals surface area contributed by atoms with Gasteiger partial charge in [-0.05, 0) is 25.3 Å². The molecule has 7 nitrogen and oxygen atoms in total. The van der Waals surface area contributed by atoms with Crippen LogP contribution in [0.1, 0.15) is 18.4 Å². The van der Waals surface area contributed by atoms with E-state index in [4.69, 9.17) is 0 Å². The Kier molecular flexibility index (Phi) is 4.55. The van der Waals surface area contributed by atoms with Crippen LogP contribution in [0.15, 0.2) is 30.4 Å². The first-order valence-electron chi connectivity index (χ1n) is 6.84. The van der Waals surface area contributed by atoms with E-state index in [0.717, 1.165) is 0 Å². The van der Waals surface area contributed by atoms with E-state index in [1.165, 1.54) is 12.1 Å². The number of nitro benzene ring substituents is 1. The molecule has 0 heterocycles. The third kappa shape index (κ3) is 3.30. The fourth-order valence-electron chi connectivity index (χ4n) is 2.46. The zero-order valence-corrected chi connectivity index (χ0v) is 12.0. The smallest absolute Gasteiger partial charge is 0.307 e. The van der Waals surface area contributed by atoms with Crippen LogP contribution in [0.3, 0.4) is 0 Å². The van der Waals surface area contributed by atoms with Crippen LogP contribution in [0, 0.1) is 28.9 Å². The lowest BCUT2D eigenvalue weighted by atomic mass is 9.82. The minimum Gasteiger partial charge on any atom is -0.481 e. The number of aliphatic carboxylic acids is 1. The highest BCUT2D eigenvalue weighted by Crippen LogP contribution is 2.28. The van der Waals surface area contributed by atoms with Gasteiger partial charge >= 0.3 is 5.97 Å². The molecule has 1 amide bonds. The molecule has 1 aromatic rings. The molecule has 0 radical (unpaired) electrons. The van der Waals surface area contributed by atoms with E-state index < -0.39 is 28.6 Å². The largest absolute Gasteiger partial charge is 0.481 e. The number of anilines is 1. The number of carboxylic acids is 1. The SMILES string of the molecule is Cc1ccc([N+](=O)[O-])cc1NC(=O)[C@H]1CC=CC[C@H]1C(=O)O. The summed E-state index contributed by atoms with van der Waals surface area (Å²) >= 11 is 0. The van der Waals surface area contributed by atoms with Crippen LogP contribution in [-0.2, 0) is 9.59 Å². The minimum atomic E-state index is -1.01. The van der Waals surface area contributed by atoms with Gasteiger partial charge in [-0.15, -0.1) is 0 Å². The number of hydrogen-bond acceptors (Lipinski definition) is 4. The highest BCUT2D eigenvalue weighted by Gasteiger charge is 2.34. The Morgan fingerprint density at radius 2 is 1.91 bits per heavy atom. The lowest BCUT2D eigenvalue weighted by Gasteiger charge is -2.24. The Hall–Kier alpha value is -2.70. The number of nitrogens with zero attached hydrogens (tertiary/aromatic N) is 1. The fraction of sp³-hybridized carbons (Fsp3) is 0.333. The molecule has 0 saturated heterocycles. The number of carbonyl (C=O) groups is 2. The second-order valence-corrected chi connectivity index (χ2v) is 5.24. The van der Waals surface area contributed by atoms with Gasteiger partial charge in [0.15, 0.2) is 0 Å². The Morgan fingerprint density at radius 3 is 2.50 bits per heavy atom. The number of aryl methyl sites for hydroxylation is 1. The average Bonchev–Trinajstić information content (AvgIpc) is 2.49. The number of benzene rings is 1. The molecule has 0 bridgehead atoms. The summed E-state index contributed by atoms with van der Waals surface area (Å²) in [5, 5.41) is 22.6. The third-order valence-corrected chi connectivity index (χ3v) is 3.78. The number of amides is 1. The average molecular weight is 304 g/mol. The molecule has 0 unspecified atom stereocenters. The Morgan fingerprint density at radius 1 is 1.27 bits per heavy atom. The minimum absolute atomic E-state index is 0.126. The molecule has 0 spiro atoms. The third-order valence-electron chi connectivity index (χ3n) is 3.78. The second kappa shape index (κ2) is 6.38. The number of nitro groups is 1. The van der Waals surface area contributed by atoms with E-state index in [0.29, 0.717) is 24.1 Å². The molecule has 0 aliphatic heterocycles. The molecule has 2 rings (SSSR count). The van der Waals surface area contributed by atoms with Crippen LogP contribution in [0.2, 0.25) is 0 Å². The van der Waals surface area contributed by atoms with E-state index in [1.807, 2.05) is 0 Å². The summed E-state index contributed by atoms with van der Waals surface area (Å²) < 4.78 is 0. The van der Waals surface area contributed by atoms with Crippen molar-refractivity contribution >= 4 is 23.3 Å². The van der Waals surface area contributed by atoms with E-state index >= 15 is 0 Å². The van der Waals surface area contributed by atoms with Crippen molar-refractivity contribution in [1.82, 2.24) is 0 Å². The summed E-state index contributed by atoms with van der Waals surface area (Å²) in [6, 6.07) is 4.18. The van der Waals surface area contributed by atoms with Crippen LogP contribution in [0.25, 0.3) is 0 Å². The summed E-state index contributed by atoms with van der Waals surface area (Å²) in [6.07, 6.45) is 4.18. The van der Waals surface area contributed by atoms with Crippen molar-refractivity contribution in [1.29, 1.82) is 0 Å². The molecule has 1 aliphatic rings. The second-order valence-electron chi connectivity index (χ2n) is 5.24. The number of non-ortho nitro benzene ring substituents is 1. The quantitative estimate of drug-likeness (QED) is 0.504. The first-order valence-corrected chi connectivity index (χ1v) is 6.84. The Balaban J connectivity index is 2.21. The highest BCUT2D eigenvalue weighted by molar-refractivity contribution is 5.96. The molecule has 1 aromatic carbocycles. The van der Waals surface area contributed by atoms with Gasteiger partial charge in [-0.1, -0.05) is 18.2 Å². The molecule has 1 aliphatic carbocycles. The van der Waals surface area contributed by atoms with Crippen LogP contribution in [0.4, 0.5) is 11.4 Å². The van der Waals surface area contributed by atoms with Gasteiger partial charge in [0.2, 0.25) is 5.91 Å². The maximum atomic E-state index is 12.3. The van der Waals surface area contributed by atoms with Gasteiger partial charge < -0.3 is 10.4 Å². The summed E-state index contributed by atoms with van der Waals surface area (Å²) in [6.45, 7) is 1.72. The molecule has 0 fully saturated rings. The molecule has 0 aromatic heterocycles. The topological polar surface area (TPSA) is 110 Å². The molecule has 0 saturated carbocycles. The number of carboxylic acid groups (broad SMARTS) is 1. The number of allylic oxidation sites excluding steroid dienone is 2. The van der Waals surface area contributed by atoms with Crippen molar-refractivity contribution in [3.8, 4) is 0 Å². The Labute approximate surface area is 126 Å². The first kappa shape index (κ1) is 15.7. The summed E-state index contributed by atoms with van der Waals surface area (Å²) in [5.74, 6) is -2.90. The first-order chi connectivity index (χ1) is 10.4. The molecule has 2 N–H and O–H groups in total. The lowest BCUT2D eigenvalue weighted by Crippen LogP contribution is -2.34. The lowest BCUT2D eigenvalue weighted by molar-refractivity contribution is -0.384.